The van der Waals surface area contributed by atoms with Crippen LogP contribution in [-0.4, -0.2) is 32.8 Å². The molecule has 1 fully saturated rings. The second-order valence-electron chi connectivity index (χ2n) is 4.01. The highest BCUT2D eigenvalue weighted by atomic mass is 16.8. The molecule has 5 nitrogen and oxygen atoms in total. The van der Waals surface area contributed by atoms with Crippen molar-refractivity contribution < 1.29 is 23.7 Å². The van der Waals surface area contributed by atoms with Crippen molar-refractivity contribution in [1.82, 2.24) is 0 Å². The summed E-state index contributed by atoms with van der Waals surface area (Å²) >= 11 is 0. The SMILES string of the molecule is COc1ccc(CCC2OC(=O)OC2OC)cc1. The van der Waals surface area contributed by atoms with Gasteiger partial charge < -0.3 is 18.9 Å². The zero-order chi connectivity index (χ0) is 13.0. The van der Waals surface area contributed by atoms with Crippen LogP contribution in [0.3, 0.4) is 0 Å². The number of cyclic esters (lactones) is 2. The third-order valence-electron chi connectivity index (χ3n) is 2.87. The molecule has 5 heteroatoms. The van der Waals surface area contributed by atoms with E-state index in [0.29, 0.717) is 6.42 Å². The van der Waals surface area contributed by atoms with Crippen LogP contribution in [0, 0.1) is 0 Å². The number of carbonyl (C=O) groups is 1. The van der Waals surface area contributed by atoms with Crippen molar-refractivity contribution in [2.45, 2.75) is 25.2 Å². The van der Waals surface area contributed by atoms with Gasteiger partial charge in [0.1, 0.15) is 5.75 Å². The smallest absolute Gasteiger partial charge is 0.497 e. The molecule has 1 aromatic carbocycles. The van der Waals surface area contributed by atoms with Crippen LogP contribution in [-0.2, 0) is 20.6 Å². The highest BCUT2D eigenvalue weighted by molar-refractivity contribution is 5.62. The number of hydrogen-bond acceptors (Lipinski definition) is 5. The van der Waals surface area contributed by atoms with Crippen molar-refractivity contribution in [3.63, 3.8) is 0 Å². The Bertz CT molecular complexity index is 400. The van der Waals surface area contributed by atoms with Gasteiger partial charge in [-0.3, -0.25) is 0 Å². The van der Waals surface area contributed by atoms with Crippen LogP contribution in [0.4, 0.5) is 4.79 Å². The van der Waals surface area contributed by atoms with Crippen molar-refractivity contribution in [2.24, 2.45) is 0 Å². The van der Waals surface area contributed by atoms with E-state index in [1.54, 1.807) is 7.11 Å². The van der Waals surface area contributed by atoms with E-state index >= 15 is 0 Å². The van der Waals surface area contributed by atoms with Gasteiger partial charge in [-0.1, -0.05) is 12.1 Å². The number of benzene rings is 1. The fraction of sp³-hybridized carbons (Fsp3) is 0.462. The average Bonchev–Trinajstić information content (AvgIpc) is 2.77. The number of hydrogen-bond donors (Lipinski definition) is 0. The Balaban J connectivity index is 1.88. The van der Waals surface area contributed by atoms with Gasteiger partial charge in [0.2, 0.25) is 6.29 Å². The summed E-state index contributed by atoms with van der Waals surface area (Å²) in [5.41, 5.74) is 1.15. The predicted molar refractivity (Wildman–Crippen MR) is 63.5 cm³/mol. The van der Waals surface area contributed by atoms with Crippen LogP contribution < -0.4 is 4.74 Å². The maximum absolute atomic E-state index is 11.0. The van der Waals surface area contributed by atoms with Gasteiger partial charge in [-0.25, -0.2) is 4.79 Å². The summed E-state index contributed by atoms with van der Waals surface area (Å²) in [6, 6.07) is 7.77. The monoisotopic (exact) mass is 252 g/mol. The zero-order valence-corrected chi connectivity index (χ0v) is 10.4. The molecule has 0 radical (unpaired) electrons. The lowest BCUT2D eigenvalue weighted by Crippen LogP contribution is -2.24. The lowest BCUT2D eigenvalue weighted by molar-refractivity contribution is -0.0780. The third-order valence-corrected chi connectivity index (χ3v) is 2.87. The minimum atomic E-state index is -0.665. The molecule has 1 aliphatic rings. The fourth-order valence-electron chi connectivity index (χ4n) is 1.87. The molecule has 1 heterocycles. The molecule has 0 aliphatic carbocycles. The standard InChI is InChI=1S/C13H16O5/c1-15-10-6-3-9(4-7-10)5-8-11-12(16-2)18-13(14)17-11/h3-4,6-7,11-12H,5,8H2,1-2H3. The van der Waals surface area contributed by atoms with Gasteiger partial charge >= 0.3 is 6.16 Å². The summed E-state index contributed by atoms with van der Waals surface area (Å²) in [6.07, 6.45) is -0.163. The Hall–Kier alpha value is -1.75. The number of carbonyl (C=O) groups excluding carboxylic acids is 1. The van der Waals surface area contributed by atoms with Gasteiger partial charge in [0.25, 0.3) is 0 Å². The van der Waals surface area contributed by atoms with Crippen molar-refractivity contribution in [3.8, 4) is 5.75 Å². The normalized spacial score (nSPS) is 22.4. The van der Waals surface area contributed by atoms with Crippen LogP contribution in [0.5, 0.6) is 5.75 Å². The highest BCUT2D eigenvalue weighted by Gasteiger charge is 2.36. The van der Waals surface area contributed by atoms with E-state index in [-0.39, 0.29) is 6.10 Å². The topological polar surface area (TPSA) is 54.0 Å². The van der Waals surface area contributed by atoms with E-state index in [4.69, 9.17) is 18.9 Å². The molecule has 98 valence electrons. The molecule has 2 rings (SSSR count). The molecule has 18 heavy (non-hydrogen) atoms. The largest absolute Gasteiger partial charge is 0.511 e. The predicted octanol–water partition coefficient (Wildman–Crippen LogP) is 2.14. The maximum Gasteiger partial charge on any atom is 0.511 e. The Kier molecular flexibility index (Phi) is 4.04. The molecule has 1 saturated heterocycles. The van der Waals surface area contributed by atoms with Gasteiger partial charge in [-0.05, 0) is 30.5 Å². The van der Waals surface area contributed by atoms with E-state index in [1.165, 1.54) is 7.11 Å². The van der Waals surface area contributed by atoms with Crippen LogP contribution in [0.2, 0.25) is 0 Å². The molecule has 1 aromatic rings. The highest BCUT2D eigenvalue weighted by Crippen LogP contribution is 2.21. The van der Waals surface area contributed by atoms with Crippen molar-refractivity contribution in [1.29, 1.82) is 0 Å². The summed E-state index contributed by atoms with van der Waals surface area (Å²) in [5.74, 6) is 0.823. The van der Waals surface area contributed by atoms with Crippen LogP contribution >= 0.6 is 0 Å². The summed E-state index contributed by atoms with van der Waals surface area (Å²) in [6.45, 7) is 0. The van der Waals surface area contributed by atoms with Crippen LogP contribution in [0.25, 0.3) is 0 Å². The average molecular weight is 252 g/mol. The molecule has 2 atom stereocenters. The molecule has 0 amide bonds. The van der Waals surface area contributed by atoms with Gasteiger partial charge in [-0.2, -0.15) is 0 Å². The second kappa shape index (κ2) is 5.73. The van der Waals surface area contributed by atoms with Gasteiger partial charge in [0.15, 0.2) is 6.10 Å². The van der Waals surface area contributed by atoms with Gasteiger partial charge in [0.05, 0.1) is 7.11 Å². The molecule has 0 aromatic heterocycles. The van der Waals surface area contributed by atoms with Crippen molar-refractivity contribution >= 4 is 6.16 Å². The third kappa shape index (κ3) is 2.92. The first kappa shape index (κ1) is 12.7. The van der Waals surface area contributed by atoms with Crippen LogP contribution in [0.15, 0.2) is 24.3 Å². The van der Waals surface area contributed by atoms with Crippen molar-refractivity contribution in [3.05, 3.63) is 29.8 Å². The second-order valence-corrected chi connectivity index (χ2v) is 4.01. The Morgan fingerprint density at radius 3 is 2.50 bits per heavy atom. The minimum Gasteiger partial charge on any atom is -0.497 e. The lowest BCUT2D eigenvalue weighted by atomic mass is 10.1. The summed E-state index contributed by atoms with van der Waals surface area (Å²) in [4.78, 5) is 11.0. The first-order chi connectivity index (χ1) is 8.72. The quantitative estimate of drug-likeness (QED) is 0.751. The van der Waals surface area contributed by atoms with Crippen LogP contribution in [0.1, 0.15) is 12.0 Å². The van der Waals surface area contributed by atoms with E-state index in [2.05, 4.69) is 0 Å². The molecular weight excluding hydrogens is 236 g/mol. The van der Waals surface area contributed by atoms with E-state index < -0.39 is 12.4 Å². The summed E-state index contributed by atoms with van der Waals surface area (Å²) < 4.78 is 20.0. The van der Waals surface area contributed by atoms with Gasteiger partial charge in [0, 0.05) is 7.11 Å². The number of methoxy groups -OCH3 is 2. The molecule has 0 spiro atoms. The fourth-order valence-corrected chi connectivity index (χ4v) is 1.87. The molecule has 0 bridgehead atoms. The molecular formula is C13H16O5. The van der Waals surface area contributed by atoms with E-state index in [0.717, 1.165) is 17.7 Å². The Morgan fingerprint density at radius 2 is 1.89 bits per heavy atom. The summed E-state index contributed by atoms with van der Waals surface area (Å²) in [5, 5.41) is 0. The zero-order valence-electron chi connectivity index (χ0n) is 10.4. The van der Waals surface area contributed by atoms with E-state index in [9.17, 15) is 4.79 Å². The summed E-state index contributed by atoms with van der Waals surface area (Å²) in [7, 11) is 3.13. The number of rotatable bonds is 5. The first-order valence-electron chi connectivity index (χ1n) is 5.76. The molecule has 0 N–H and O–H groups in total. The number of ether oxygens (including phenoxy) is 4. The maximum atomic E-state index is 11.0. The first-order valence-corrected chi connectivity index (χ1v) is 5.76. The van der Waals surface area contributed by atoms with Crippen molar-refractivity contribution in [2.75, 3.05) is 14.2 Å². The lowest BCUT2D eigenvalue weighted by Gasteiger charge is -2.13. The number of aryl methyl sites for hydroxylation is 1. The Morgan fingerprint density at radius 1 is 1.17 bits per heavy atom. The Labute approximate surface area is 106 Å². The van der Waals surface area contributed by atoms with E-state index in [1.807, 2.05) is 24.3 Å². The minimum absolute atomic E-state index is 0.343. The molecule has 0 saturated carbocycles. The molecule has 2 unspecified atom stereocenters. The molecule has 1 aliphatic heterocycles. The van der Waals surface area contributed by atoms with Gasteiger partial charge in [-0.15, -0.1) is 0 Å².